The lowest BCUT2D eigenvalue weighted by Gasteiger charge is -2.43. The molecular weight excluding hydrogens is 255 g/mol. The topological polar surface area (TPSA) is 0 Å². The zero-order valence-corrected chi connectivity index (χ0v) is 15.2. The van der Waals surface area contributed by atoms with Crippen LogP contribution in [0.15, 0.2) is 0 Å². The normalized spacial score (nSPS) is 36.8. The molecule has 3 aliphatic rings. The largest absolute Gasteiger partial charge is 0.147 e. The van der Waals surface area contributed by atoms with Crippen molar-refractivity contribution in [3.05, 3.63) is 0 Å². The molecule has 1 aliphatic carbocycles. The number of fused-ring (bicyclic) bond motifs is 3. The maximum Gasteiger partial charge on any atom is 0.147 e. The van der Waals surface area contributed by atoms with Gasteiger partial charge in [-0.2, -0.15) is 0 Å². The third kappa shape index (κ3) is 3.05. The molecular formula is C18H35BSi. The van der Waals surface area contributed by atoms with Crippen LogP contribution in [-0.4, -0.2) is 14.8 Å². The molecule has 3 fully saturated rings. The first-order valence-electron chi connectivity index (χ1n) is 9.57. The number of hydrogen-bond donors (Lipinski definition) is 0. The molecule has 2 heterocycles. The van der Waals surface area contributed by atoms with Gasteiger partial charge in [-0.05, 0) is 5.92 Å². The van der Waals surface area contributed by atoms with Crippen molar-refractivity contribution < 1.29 is 0 Å². The van der Waals surface area contributed by atoms with Gasteiger partial charge in [0.1, 0.15) is 6.71 Å². The average Bonchev–Trinajstić information content (AvgIpc) is 2.67. The smallest absolute Gasteiger partial charge is 0.0698 e. The molecule has 0 amide bonds. The Hall–Kier alpha value is 0.282. The van der Waals surface area contributed by atoms with Crippen LogP contribution in [0.25, 0.3) is 0 Å². The predicted molar refractivity (Wildman–Crippen MR) is 94.6 cm³/mol. The van der Waals surface area contributed by atoms with Crippen molar-refractivity contribution in [3.8, 4) is 0 Å². The molecule has 1 unspecified atom stereocenters. The summed E-state index contributed by atoms with van der Waals surface area (Å²) >= 11 is 0. The number of rotatable bonds is 2. The van der Waals surface area contributed by atoms with Crippen LogP contribution in [0.4, 0.5) is 0 Å². The summed E-state index contributed by atoms with van der Waals surface area (Å²) in [5.41, 5.74) is 1.15. The summed E-state index contributed by atoms with van der Waals surface area (Å²) in [6, 6.07) is 0. The SMILES string of the molecule is C[Si](C)(C)C1B(C2CCCCC2)C2CCCC1CCC2. The second-order valence-electron chi connectivity index (χ2n) is 9.25. The highest BCUT2D eigenvalue weighted by atomic mass is 28.3. The molecule has 2 saturated heterocycles. The molecule has 0 aromatic heterocycles. The van der Waals surface area contributed by atoms with E-state index in [0.29, 0.717) is 0 Å². The highest BCUT2D eigenvalue weighted by Crippen LogP contribution is 2.55. The predicted octanol–water partition coefficient (Wildman–Crippen LogP) is 6.42. The van der Waals surface area contributed by atoms with Crippen LogP contribution in [-0.2, 0) is 0 Å². The molecule has 0 nitrogen and oxygen atoms in total. The Bertz CT molecular complexity index is 306. The van der Waals surface area contributed by atoms with Crippen LogP contribution in [0.2, 0.25) is 36.7 Å². The zero-order valence-electron chi connectivity index (χ0n) is 14.2. The minimum absolute atomic E-state index is 1.02. The van der Waals surface area contributed by atoms with Crippen molar-refractivity contribution in [2.75, 3.05) is 0 Å². The summed E-state index contributed by atoms with van der Waals surface area (Å²) in [6.07, 6.45) is 17.2. The first-order chi connectivity index (χ1) is 9.57. The minimum atomic E-state index is -1.02. The van der Waals surface area contributed by atoms with E-state index in [4.69, 9.17) is 0 Å². The summed E-state index contributed by atoms with van der Waals surface area (Å²) in [4.78, 5) is 0. The summed E-state index contributed by atoms with van der Waals surface area (Å²) in [7, 11) is -1.02. The number of hydrogen-bond acceptors (Lipinski definition) is 0. The van der Waals surface area contributed by atoms with Gasteiger partial charge in [-0.15, -0.1) is 0 Å². The molecule has 2 heteroatoms. The van der Waals surface area contributed by atoms with E-state index >= 15 is 0 Å². The molecule has 3 rings (SSSR count). The second kappa shape index (κ2) is 6.18. The summed E-state index contributed by atoms with van der Waals surface area (Å²) in [6.45, 7) is 9.20. The standard InChI is InChI=1S/C18H35BSi/c1-20(2,3)18-15-9-7-13-17(14-8-10-15)19(18)16-11-5-4-6-12-16/h15-18H,4-14H2,1-3H3. The Kier molecular flexibility index (Phi) is 4.70. The average molecular weight is 290 g/mol. The van der Waals surface area contributed by atoms with Gasteiger partial charge in [0.05, 0.1) is 0 Å². The second-order valence-corrected chi connectivity index (χ2v) is 14.6. The Labute approximate surface area is 128 Å². The fraction of sp³-hybridized carbons (Fsp3) is 1.00. The summed E-state index contributed by atoms with van der Waals surface area (Å²) in [5, 5.41) is 0. The van der Waals surface area contributed by atoms with E-state index in [2.05, 4.69) is 19.6 Å². The van der Waals surface area contributed by atoms with Crippen molar-refractivity contribution in [2.45, 2.75) is 107 Å². The first kappa shape index (κ1) is 15.2. The molecule has 2 aliphatic heterocycles. The quantitative estimate of drug-likeness (QED) is 0.515. The van der Waals surface area contributed by atoms with Crippen LogP contribution in [0.5, 0.6) is 0 Å². The van der Waals surface area contributed by atoms with Gasteiger partial charge in [-0.1, -0.05) is 107 Å². The van der Waals surface area contributed by atoms with Crippen LogP contribution < -0.4 is 0 Å². The fourth-order valence-electron chi connectivity index (χ4n) is 6.41. The lowest BCUT2D eigenvalue weighted by molar-refractivity contribution is 0.411. The van der Waals surface area contributed by atoms with Gasteiger partial charge in [0.25, 0.3) is 0 Å². The van der Waals surface area contributed by atoms with Crippen molar-refractivity contribution in [1.29, 1.82) is 0 Å². The maximum absolute atomic E-state index is 2.69. The van der Waals surface area contributed by atoms with Gasteiger partial charge in [0.15, 0.2) is 0 Å². The Morgan fingerprint density at radius 1 is 0.650 bits per heavy atom. The molecule has 0 radical (unpaired) electrons. The fourth-order valence-corrected chi connectivity index (χ4v) is 9.85. The van der Waals surface area contributed by atoms with E-state index in [-0.39, 0.29) is 0 Å². The third-order valence-corrected chi connectivity index (χ3v) is 9.82. The van der Waals surface area contributed by atoms with E-state index in [1.54, 1.807) is 51.4 Å². The monoisotopic (exact) mass is 290 g/mol. The summed E-state index contributed by atoms with van der Waals surface area (Å²) in [5.74, 6) is 3.34. The van der Waals surface area contributed by atoms with Crippen molar-refractivity contribution in [2.24, 2.45) is 5.92 Å². The lowest BCUT2D eigenvalue weighted by Crippen LogP contribution is -2.46. The van der Waals surface area contributed by atoms with E-state index in [9.17, 15) is 0 Å². The highest BCUT2D eigenvalue weighted by Gasteiger charge is 2.49. The van der Waals surface area contributed by atoms with Crippen LogP contribution in [0, 0.1) is 5.92 Å². The molecule has 1 saturated carbocycles. The molecule has 0 N–H and O–H groups in total. The van der Waals surface area contributed by atoms with Crippen molar-refractivity contribution in [3.63, 3.8) is 0 Å². The molecule has 20 heavy (non-hydrogen) atoms. The van der Waals surface area contributed by atoms with E-state index < -0.39 is 8.07 Å². The van der Waals surface area contributed by atoms with Gasteiger partial charge in [-0.25, -0.2) is 0 Å². The van der Waals surface area contributed by atoms with Gasteiger partial charge in [0.2, 0.25) is 0 Å². The third-order valence-electron chi connectivity index (χ3n) is 6.96. The van der Waals surface area contributed by atoms with Crippen LogP contribution in [0.3, 0.4) is 0 Å². The van der Waals surface area contributed by atoms with Gasteiger partial charge in [0, 0.05) is 8.07 Å². The van der Waals surface area contributed by atoms with E-state index in [0.717, 1.165) is 29.7 Å². The van der Waals surface area contributed by atoms with Crippen LogP contribution >= 0.6 is 0 Å². The van der Waals surface area contributed by atoms with E-state index in [1.807, 2.05) is 0 Å². The molecule has 0 aromatic rings. The highest BCUT2D eigenvalue weighted by molar-refractivity contribution is 6.90. The van der Waals surface area contributed by atoms with Gasteiger partial charge in [-0.3, -0.25) is 0 Å². The Balaban J connectivity index is 1.91. The minimum Gasteiger partial charge on any atom is -0.0698 e. The molecule has 0 aromatic carbocycles. The molecule has 114 valence electrons. The van der Waals surface area contributed by atoms with Gasteiger partial charge >= 0.3 is 0 Å². The first-order valence-corrected chi connectivity index (χ1v) is 13.1. The van der Waals surface area contributed by atoms with E-state index in [1.165, 1.54) is 19.3 Å². The zero-order chi connectivity index (χ0) is 14.2. The van der Waals surface area contributed by atoms with Crippen molar-refractivity contribution in [1.82, 2.24) is 0 Å². The van der Waals surface area contributed by atoms with Crippen LogP contribution in [0.1, 0.15) is 70.6 Å². The Morgan fingerprint density at radius 3 is 1.65 bits per heavy atom. The molecule has 0 spiro atoms. The summed E-state index contributed by atoms with van der Waals surface area (Å²) < 4.78 is 0. The van der Waals surface area contributed by atoms with Gasteiger partial charge < -0.3 is 0 Å². The lowest BCUT2D eigenvalue weighted by atomic mass is 9.29. The maximum atomic E-state index is 2.69. The molecule has 2 bridgehead atoms. The molecule has 1 atom stereocenters. The van der Waals surface area contributed by atoms with Crippen molar-refractivity contribution >= 4 is 14.8 Å². The Morgan fingerprint density at radius 2 is 1.15 bits per heavy atom.